The molecule has 1 saturated heterocycles. The third kappa shape index (κ3) is 4.44. The second-order valence-corrected chi connectivity index (χ2v) is 6.10. The Bertz CT molecular complexity index is 768. The Hall–Kier alpha value is -2.32. The zero-order valence-corrected chi connectivity index (χ0v) is 15.3. The van der Waals surface area contributed by atoms with Crippen molar-refractivity contribution < 1.29 is 19.0 Å². The van der Waals surface area contributed by atoms with Crippen LogP contribution < -0.4 is 14.8 Å². The van der Waals surface area contributed by atoms with Crippen LogP contribution in [0.5, 0.6) is 11.5 Å². The molecule has 1 aliphatic heterocycles. The molecule has 1 fully saturated rings. The van der Waals surface area contributed by atoms with Gasteiger partial charge in [-0.05, 0) is 6.07 Å². The molecular weight excluding hydrogens is 360 g/mol. The quantitative estimate of drug-likeness (QED) is 0.606. The maximum Gasteiger partial charge on any atom is 0.409 e. The molecule has 0 aliphatic carbocycles. The number of rotatable bonds is 6. The summed E-state index contributed by atoms with van der Waals surface area (Å²) in [5, 5.41) is 4.25. The fourth-order valence-corrected chi connectivity index (χ4v) is 2.84. The average molecular weight is 381 g/mol. The van der Waals surface area contributed by atoms with Crippen LogP contribution in [0.1, 0.15) is 6.42 Å². The first-order valence-electron chi connectivity index (χ1n) is 8.42. The minimum absolute atomic E-state index is 0.277. The highest BCUT2D eigenvalue weighted by Gasteiger charge is 2.17. The lowest BCUT2D eigenvalue weighted by atomic mass is 10.2. The van der Waals surface area contributed by atoms with Crippen LogP contribution in [0.25, 0.3) is 10.9 Å². The lowest BCUT2D eigenvalue weighted by Crippen LogP contribution is -2.46. The number of benzene rings is 1. The van der Waals surface area contributed by atoms with Gasteiger partial charge in [0, 0.05) is 44.1 Å². The summed E-state index contributed by atoms with van der Waals surface area (Å²) >= 11 is 6.07. The average Bonchev–Trinajstić information content (AvgIpc) is 2.68. The Kier molecular flexibility index (Phi) is 6.30. The summed E-state index contributed by atoms with van der Waals surface area (Å²) in [6.45, 7) is 3.63. The molecule has 26 heavy (non-hydrogen) atoms. The molecule has 1 N–H and O–H groups in total. The van der Waals surface area contributed by atoms with Crippen LogP contribution in [0, 0.1) is 0 Å². The fraction of sp³-hybridized carbons (Fsp3) is 0.471. The van der Waals surface area contributed by atoms with E-state index in [1.807, 2.05) is 0 Å². The van der Waals surface area contributed by atoms with Crippen LogP contribution in [0.15, 0.2) is 18.5 Å². The van der Waals surface area contributed by atoms with Crippen molar-refractivity contribution in [1.29, 1.82) is 0 Å². The highest BCUT2D eigenvalue weighted by Crippen LogP contribution is 2.33. The number of methoxy groups -OCH3 is 1. The van der Waals surface area contributed by atoms with Crippen LogP contribution in [0.2, 0.25) is 5.15 Å². The van der Waals surface area contributed by atoms with E-state index in [1.165, 1.54) is 6.33 Å². The van der Waals surface area contributed by atoms with Crippen LogP contribution >= 0.6 is 11.6 Å². The van der Waals surface area contributed by atoms with E-state index >= 15 is 0 Å². The third-order valence-corrected chi connectivity index (χ3v) is 4.32. The molecule has 0 radical (unpaired) electrons. The van der Waals surface area contributed by atoms with Crippen LogP contribution in [0.4, 0.5) is 4.79 Å². The number of carbonyl (C=O) groups is 1. The Morgan fingerprint density at radius 2 is 2.04 bits per heavy atom. The maximum atomic E-state index is 11.9. The zero-order valence-electron chi connectivity index (χ0n) is 14.5. The molecule has 0 bridgehead atoms. The van der Waals surface area contributed by atoms with Crippen LogP contribution in [-0.2, 0) is 4.74 Å². The van der Waals surface area contributed by atoms with E-state index in [0.717, 1.165) is 13.1 Å². The molecule has 140 valence electrons. The number of carbonyl (C=O) groups excluding carboxylic acids is 1. The van der Waals surface area contributed by atoms with Crippen molar-refractivity contribution in [3.63, 3.8) is 0 Å². The Balaban J connectivity index is 1.50. The van der Waals surface area contributed by atoms with Gasteiger partial charge in [-0.1, -0.05) is 11.6 Å². The van der Waals surface area contributed by atoms with Crippen molar-refractivity contribution in [2.45, 2.75) is 6.42 Å². The predicted octanol–water partition coefficient (Wildman–Crippen LogP) is 2.10. The highest BCUT2D eigenvalue weighted by atomic mass is 35.5. The van der Waals surface area contributed by atoms with Crippen molar-refractivity contribution in [3.05, 3.63) is 23.6 Å². The van der Waals surface area contributed by atoms with E-state index in [2.05, 4.69) is 15.3 Å². The van der Waals surface area contributed by atoms with Crippen molar-refractivity contribution in [3.8, 4) is 11.5 Å². The van der Waals surface area contributed by atoms with E-state index in [0.29, 0.717) is 60.3 Å². The summed E-state index contributed by atoms with van der Waals surface area (Å²) < 4.78 is 16.4. The van der Waals surface area contributed by atoms with Gasteiger partial charge in [0.1, 0.15) is 11.5 Å². The van der Waals surface area contributed by atoms with Gasteiger partial charge in [0.15, 0.2) is 11.5 Å². The first-order chi connectivity index (χ1) is 12.7. The summed E-state index contributed by atoms with van der Waals surface area (Å²) in [5.41, 5.74) is 0.672. The van der Waals surface area contributed by atoms with Gasteiger partial charge in [0.05, 0.1) is 25.8 Å². The smallest absolute Gasteiger partial charge is 0.409 e. The van der Waals surface area contributed by atoms with E-state index in [4.69, 9.17) is 25.8 Å². The first-order valence-corrected chi connectivity index (χ1v) is 8.80. The van der Waals surface area contributed by atoms with Gasteiger partial charge in [0.25, 0.3) is 0 Å². The zero-order chi connectivity index (χ0) is 18.4. The third-order valence-electron chi connectivity index (χ3n) is 4.02. The normalized spacial score (nSPS) is 14.3. The van der Waals surface area contributed by atoms with E-state index < -0.39 is 0 Å². The molecule has 8 nitrogen and oxygen atoms in total. The molecule has 1 aromatic heterocycles. The predicted molar refractivity (Wildman–Crippen MR) is 97.0 cm³/mol. The minimum Gasteiger partial charge on any atom is -0.493 e. The lowest BCUT2D eigenvalue weighted by molar-refractivity contribution is 0.0925. The molecule has 2 heterocycles. The molecule has 0 atom stereocenters. The summed E-state index contributed by atoms with van der Waals surface area (Å²) in [7, 11) is 1.56. The molecule has 1 aliphatic rings. The van der Waals surface area contributed by atoms with Gasteiger partial charge < -0.3 is 24.4 Å². The summed E-state index contributed by atoms with van der Waals surface area (Å²) in [5.74, 6) is 1.11. The van der Waals surface area contributed by atoms with Gasteiger partial charge >= 0.3 is 6.09 Å². The molecule has 1 aromatic carbocycles. The SMILES string of the molecule is COc1cc2c(Cl)ncnc2cc1OCCCOC(=O)N1CCNCC1. The summed E-state index contributed by atoms with van der Waals surface area (Å²) in [4.78, 5) is 21.7. The van der Waals surface area contributed by atoms with Gasteiger partial charge in [0.2, 0.25) is 0 Å². The van der Waals surface area contributed by atoms with E-state index in [-0.39, 0.29) is 6.09 Å². The van der Waals surface area contributed by atoms with Crippen molar-refractivity contribution >= 4 is 28.6 Å². The monoisotopic (exact) mass is 380 g/mol. The number of ether oxygens (including phenoxy) is 3. The van der Waals surface area contributed by atoms with Crippen molar-refractivity contribution in [2.24, 2.45) is 0 Å². The van der Waals surface area contributed by atoms with Crippen LogP contribution in [-0.4, -0.2) is 67.5 Å². The van der Waals surface area contributed by atoms with Crippen molar-refractivity contribution in [2.75, 3.05) is 46.5 Å². The number of nitrogens with one attached hydrogen (secondary N) is 1. The number of aromatic nitrogens is 2. The molecule has 3 rings (SSSR count). The Morgan fingerprint density at radius 1 is 1.23 bits per heavy atom. The lowest BCUT2D eigenvalue weighted by Gasteiger charge is -2.26. The topological polar surface area (TPSA) is 85.8 Å². The number of piperazine rings is 1. The molecule has 2 aromatic rings. The molecule has 0 spiro atoms. The van der Waals surface area contributed by atoms with E-state index in [1.54, 1.807) is 24.1 Å². The van der Waals surface area contributed by atoms with Gasteiger partial charge in [-0.3, -0.25) is 0 Å². The fourth-order valence-electron chi connectivity index (χ4n) is 2.64. The Labute approximate surface area is 156 Å². The maximum absolute atomic E-state index is 11.9. The largest absolute Gasteiger partial charge is 0.493 e. The minimum atomic E-state index is -0.277. The number of fused-ring (bicyclic) bond motifs is 1. The standard InChI is InChI=1S/C17H21ClN4O4/c1-24-14-9-12-13(20-11-21-16(12)18)10-15(14)25-7-2-8-26-17(23)22-5-3-19-4-6-22/h9-11,19H,2-8H2,1H3. The number of amides is 1. The molecule has 9 heteroatoms. The van der Waals surface area contributed by atoms with Gasteiger partial charge in [-0.2, -0.15) is 0 Å². The second-order valence-electron chi connectivity index (χ2n) is 5.74. The number of hydrogen-bond donors (Lipinski definition) is 1. The molecule has 0 unspecified atom stereocenters. The van der Waals surface area contributed by atoms with Gasteiger partial charge in [-0.25, -0.2) is 14.8 Å². The van der Waals surface area contributed by atoms with Gasteiger partial charge in [-0.15, -0.1) is 0 Å². The molecular formula is C17H21ClN4O4. The highest BCUT2D eigenvalue weighted by molar-refractivity contribution is 6.34. The van der Waals surface area contributed by atoms with Crippen molar-refractivity contribution in [1.82, 2.24) is 20.2 Å². The summed E-state index contributed by atoms with van der Waals surface area (Å²) in [6.07, 6.45) is 1.70. The van der Waals surface area contributed by atoms with Crippen LogP contribution in [0.3, 0.4) is 0 Å². The Morgan fingerprint density at radius 3 is 2.81 bits per heavy atom. The second kappa shape index (κ2) is 8.86. The van der Waals surface area contributed by atoms with E-state index in [9.17, 15) is 4.79 Å². The first kappa shape index (κ1) is 18.5. The molecule has 0 saturated carbocycles. The number of halogens is 1. The number of nitrogens with zero attached hydrogens (tertiary/aromatic N) is 3. The number of hydrogen-bond acceptors (Lipinski definition) is 7. The summed E-state index contributed by atoms with van der Waals surface area (Å²) in [6, 6.07) is 3.51. The molecule has 1 amide bonds.